The third kappa shape index (κ3) is 4.49. The lowest BCUT2D eigenvalue weighted by atomic mass is 9.93. The highest BCUT2D eigenvalue weighted by atomic mass is 16.5. The number of methoxy groups -OCH3 is 2. The van der Waals surface area contributed by atoms with Gasteiger partial charge in [0, 0.05) is 0 Å². The van der Waals surface area contributed by atoms with Crippen LogP contribution in [0.15, 0.2) is 48.5 Å². The molecule has 0 aliphatic heterocycles. The molecule has 130 valence electrons. The minimum atomic E-state index is 0.175. The topological polar surface area (TPSA) is 42.5 Å². The number of hydrogen-bond donors (Lipinski definition) is 2. The van der Waals surface area contributed by atoms with Crippen molar-refractivity contribution in [2.75, 3.05) is 27.3 Å². The Hall–Kier alpha value is -2.04. The van der Waals surface area contributed by atoms with Gasteiger partial charge in [0.25, 0.3) is 0 Å². The molecule has 2 unspecified atom stereocenters. The van der Waals surface area contributed by atoms with Crippen molar-refractivity contribution < 1.29 is 9.47 Å². The Bertz CT molecular complexity index is 541. The van der Waals surface area contributed by atoms with Crippen LogP contribution >= 0.6 is 0 Å². The van der Waals surface area contributed by atoms with Crippen LogP contribution < -0.4 is 20.1 Å². The molecule has 0 aliphatic carbocycles. The van der Waals surface area contributed by atoms with Crippen LogP contribution in [0.3, 0.4) is 0 Å². The van der Waals surface area contributed by atoms with Gasteiger partial charge < -0.3 is 20.1 Å². The zero-order valence-electron chi connectivity index (χ0n) is 15.0. The predicted octanol–water partition coefficient (Wildman–Crippen LogP) is 3.71. The van der Waals surface area contributed by atoms with Gasteiger partial charge in [0.2, 0.25) is 0 Å². The zero-order valence-corrected chi connectivity index (χ0v) is 15.0. The Kier molecular flexibility index (Phi) is 7.09. The number of hydrogen-bond acceptors (Lipinski definition) is 4. The minimum absolute atomic E-state index is 0.175. The van der Waals surface area contributed by atoms with Crippen molar-refractivity contribution in [2.24, 2.45) is 0 Å². The summed E-state index contributed by atoms with van der Waals surface area (Å²) < 4.78 is 10.6. The molecule has 0 aromatic heterocycles. The van der Waals surface area contributed by atoms with Gasteiger partial charge in [-0.15, -0.1) is 0 Å². The van der Waals surface area contributed by atoms with Crippen LogP contribution in [0.4, 0.5) is 0 Å². The van der Waals surface area contributed by atoms with Gasteiger partial charge in [-0.1, -0.05) is 38.1 Å². The van der Waals surface area contributed by atoms with Crippen molar-refractivity contribution in [1.82, 2.24) is 10.6 Å². The summed E-state index contributed by atoms with van der Waals surface area (Å²) in [5.74, 6) is 1.75. The van der Waals surface area contributed by atoms with E-state index >= 15 is 0 Å². The van der Waals surface area contributed by atoms with Gasteiger partial charge in [-0.3, -0.25) is 0 Å². The fraction of sp³-hybridized carbons (Fsp3) is 0.400. The summed E-state index contributed by atoms with van der Waals surface area (Å²) in [5.41, 5.74) is 2.47. The van der Waals surface area contributed by atoms with Crippen molar-refractivity contribution in [1.29, 1.82) is 0 Å². The third-order valence-corrected chi connectivity index (χ3v) is 4.13. The molecule has 2 aromatic rings. The second-order valence-corrected chi connectivity index (χ2v) is 5.62. The van der Waals surface area contributed by atoms with Gasteiger partial charge in [-0.2, -0.15) is 0 Å². The minimum Gasteiger partial charge on any atom is -0.497 e. The fourth-order valence-corrected chi connectivity index (χ4v) is 2.92. The van der Waals surface area contributed by atoms with E-state index in [1.807, 2.05) is 24.3 Å². The monoisotopic (exact) mass is 328 g/mol. The maximum absolute atomic E-state index is 5.28. The lowest BCUT2D eigenvalue weighted by Gasteiger charge is -2.29. The van der Waals surface area contributed by atoms with Crippen molar-refractivity contribution in [3.05, 3.63) is 59.7 Å². The van der Waals surface area contributed by atoms with E-state index in [1.54, 1.807) is 14.2 Å². The van der Waals surface area contributed by atoms with E-state index in [0.717, 1.165) is 24.6 Å². The molecule has 0 bridgehead atoms. The lowest BCUT2D eigenvalue weighted by molar-refractivity contribution is 0.393. The van der Waals surface area contributed by atoms with Gasteiger partial charge in [-0.05, 0) is 48.5 Å². The maximum Gasteiger partial charge on any atom is 0.118 e. The largest absolute Gasteiger partial charge is 0.497 e. The molecular weight excluding hydrogens is 300 g/mol. The summed E-state index contributed by atoms with van der Waals surface area (Å²) in [6.45, 7) is 6.06. The van der Waals surface area contributed by atoms with Crippen LogP contribution in [0.5, 0.6) is 11.5 Å². The normalized spacial score (nSPS) is 13.3. The van der Waals surface area contributed by atoms with E-state index in [9.17, 15) is 0 Å². The Labute approximate surface area is 145 Å². The quantitative estimate of drug-likeness (QED) is 0.736. The van der Waals surface area contributed by atoms with Crippen LogP contribution in [-0.2, 0) is 0 Å². The van der Waals surface area contributed by atoms with E-state index in [0.29, 0.717) is 0 Å². The van der Waals surface area contributed by atoms with E-state index < -0.39 is 0 Å². The molecule has 0 saturated heterocycles. The molecule has 0 spiro atoms. The molecule has 0 radical (unpaired) electrons. The molecule has 0 saturated carbocycles. The summed E-state index contributed by atoms with van der Waals surface area (Å²) in [4.78, 5) is 0. The Balaban J connectivity index is 2.33. The fourth-order valence-electron chi connectivity index (χ4n) is 2.92. The van der Waals surface area contributed by atoms with Crippen LogP contribution in [0.2, 0.25) is 0 Å². The molecule has 0 aliphatic rings. The molecule has 0 fully saturated rings. The molecular formula is C20H28N2O2. The molecule has 4 heteroatoms. The van der Waals surface area contributed by atoms with Crippen molar-refractivity contribution in [3.63, 3.8) is 0 Å². The first-order valence-electron chi connectivity index (χ1n) is 8.48. The number of likely N-dealkylation sites (N-methyl/N-ethyl adjacent to an activating group) is 2. The van der Waals surface area contributed by atoms with Crippen LogP contribution in [0.25, 0.3) is 0 Å². The van der Waals surface area contributed by atoms with Gasteiger partial charge >= 0.3 is 0 Å². The summed E-state index contributed by atoms with van der Waals surface area (Å²) >= 11 is 0. The molecule has 24 heavy (non-hydrogen) atoms. The highest BCUT2D eigenvalue weighted by Crippen LogP contribution is 2.31. The average Bonchev–Trinajstić information content (AvgIpc) is 2.65. The summed E-state index contributed by atoms with van der Waals surface area (Å²) in [6, 6.07) is 16.9. The SMILES string of the molecule is CCNC(c1ccc(OC)cc1)C(NCC)c1ccc(OC)cc1. The third-order valence-electron chi connectivity index (χ3n) is 4.13. The van der Waals surface area contributed by atoms with Crippen molar-refractivity contribution in [3.8, 4) is 11.5 Å². The highest BCUT2D eigenvalue weighted by Gasteiger charge is 2.23. The Morgan fingerprint density at radius 1 is 0.667 bits per heavy atom. The van der Waals surface area contributed by atoms with E-state index in [4.69, 9.17) is 9.47 Å². The second kappa shape index (κ2) is 9.30. The van der Waals surface area contributed by atoms with E-state index in [2.05, 4.69) is 48.7 Å². The summed E-state index contributed by atoms with van der Waals surface area (Å²) in [5, 5.41) is 7.23. The van der Waals surface area contributed by atoms with Gasteiger partial charge in [0.05, 0.1) is 26.3 Å². The van der Waals surface area contributed by atoms with Gasteiger partial charge in [0.1, 0.15) is 11.5 Å². The second-order valence-electron chi connectivity index (χ2n) is 5.62. The Morgan fingerprint density at radius 3 is 1.25 bits per heavy atom. The number of benzene rings is 2. The van der Waals surface area contributed by atoms with Crippen LogP contribution in [0.1, 0.15) is 37.1 Å². The van der Waals surface area contributed by atoms with E-state index in [1.165, 1.54) is 11.1 Å². The average molecular weight is 328 g/mol. The highest BCUT2D eigenvalue weighted by molar-refractivity contribution is 5.34. The van der Waals surface area contributed by atoms with Gasteiger partial charge in [-0.25, -0.2) is 0 Å². The number of ether oxygens (including phenoxy) is 2. The maximum atomic E-state index is 5.28. The zero-order chi connectivity index (χ0) is 17.4. The number of rotatable bonds is 9. The smallest absolute Gasteiger partial charge is 0.118 e. The predicted molar refractivity (Wildman–Crippen MR) is 98.8 cm³/mol. The molecule has 2 atom stereocenters. The lowest BCUT2D eigenvalue weighted by Crippen LogP contribution is -2.35. The first-order chi connectivity index (χ1) is 11.7. The first kappa shape index (κ1) is 18.3. The van der Waals surface area contributed by atoms with Crippen molar-refractivity contribution >= 4 is 0 Å². The molecule has 0 heterocycles. The molecule has 2 aromatic carbocycles. The first-order valence-corrected chi connectivity index (χ1v) is 8.48. The summed E-state index contributed by atoms with van der Waals surface area (Å²) in [7, 11) is 3.38. The molecule has 2 N–H and O–H groups in total. The van der Waals surface area contributed by atoms with Crippen LogP contribution in [0, 0.1) is 0 Å². The molecule has 0 amide bonds. The van der Waals surface area contributed by atoms with Crippen LogP contribution in [-0.4, -0.2) is 27.3 Å². The Morgan fingerprint density at radius 2 is 1.00 bits per heavy atom. The van der Waals surface area contributed by atoms with Crippen molar-refractivity contribution in [2.45, 2.75) is 25.9 Å². The van der Waals surface area contributed by atoms with Gasteiger partial charge in [0.15, 0.2) is 0 Å². The standard InChI is InChI=1S/C20H28N2O2/c1-5-21-19(15-7-11-17(23-3)12-8-15)20(22-6-2)16-9-13-18(24-4)14-10-16/h7-14,19-22H,5-6H2,1-4H3. The molecule has 2 rings (SSSR count). The van der Waals surface area contributed by atoms with E-state index in [-0.39, 0.29) is 12.1 Å². The number of nitrogens with one attached hydrogen (secondary N) is 2. The summed E-state index contributed by atoms with van der Waals surface area (Å²) in [6.07, 6.45) is 0. The molecule has 4 nitrogen and oxygen atoms in total.